The van der Waals surface area contributed by atoms with Crippen LogP contribution in [-0.2, 0) is 10.0 Å². The Bertz CT molecular complexity index is 608. The summed E-state index contributed by atoms with van der Waals surface area (Å²) < 4.78 is 26.5. The van der Waals surface area contributed by atoms with Crippen molar-refractivity contribution in [1.29, 1.82) is 0 Å². The van der Waals surface area contributed by atoms with Crippen LogP contribution in [0.2, 0.25) is 0 Å². The molecule has 0 spiro atoms. The maximum atomic E-state index is 11.9. The first kappa shape index (κ1) is 19.2. The van der Waals surface area contributed by atoms with E-state index in [2.05, 4.69) is 50.7 Å². The second kappa shape index (κ2) is 8.29. The summed E-state index contributed by atoms with van der Waals surface area (Å²) in [6.45, 7) is 5.99. The van der Waals surface area contributed by atoms with Crippen molar-refractivity contribution in [2.45, 2.75) is 13.0 Å². The molecule has 136 valence electrons. The van der Waals surface area contributed by atoms with Crippen LogP contribution in [0.3, 0.4) is 0 Å². The van der Waals surface area contributed by atoms with E-state index in [9.17, 15) is 8.42 Å². The van der Waals surface area contributed by atoms with Gasteiger partial charge in [-0.1, -0.05) is 12.1 Å². The molecule has 0 bridgehead atoms. The lowest BCUT2D eigenvalue weighted by atomic mass is 10.0. The molecular weight excluding hydrogens is 324 g/mol. The Morgan fingerprint density at radius 3 is 2.21 bits per heavy atom. The molecule has 1 atom stereocenters. The van der Waals surface area contributed by atoms with Gasteiger partial charge in [-0.05, 0) is 31.7 Å². The largest absolute Gasteiger partial charge is 0.378 e. The molecule has 1 aliphatic rings. The van der Waals surface area contributed by atoms with E-state index in [1.165, 1.54) is 0 Å². The molecule has 0 aromatic heterocycles. The molecule has 6 nitrogen and oxygen atoms in total. The molecule has 24 heavy (non-hydrogen) atoms. The van der Waals surface area contributed by atoms with E-state index < -0.39 is 10.0 Å². The Labute approximate surface area is 146 Å². The van der Waals surface area contributed by atoms with Gasteiger partial charge in [-0.15, -0.1) is 0 Å². The van der Waals surface area contributed by atoms with Gasteiger partial charge in [0.15, 0.2) is 0 Å². The molecule has 0 amide bonds. The summed E-state index contributed by atoms with van der Waals surface area (Å²) in [7, 11) is 2.97. The number of sulfonamides is 1. The van der Waals surface area contributed by atoms with Gasteiger partial charge in [-0.2, -0.15) is 0 Å². The zero-order valence-electron chi connectivity index (χ0n) is 15.2. The van der Waals surface area contributed by atoms with Crippen molar-refractivity contribution in [1.82, 2.24) is 14.5 Å². The number of hydrogen-bond donors (Lipinski definition) is 1. The Hall–Kier alpha value is -1.15. The van der Waals surface area contributed by atoms with Crippen molar-refractivity contribution in [2.24, 2.45) is 0 Å². The van der Waals surface area contributed by atoms with Gasteiger partial charge in [-0.25, -0.2) is 13.1 Å². The van der Waals surface area contributed by atoms with Gasteiger partial charge in [-0.3, -0.25) is 4.90 Å². The van der Waals surface area contributed by atoms with Crippen molar-refractivity contribution in [3.05, 3.63) is 29.8 Å². The normalized spacial score (nSPS) is 18.5. The Balaban J connectivity index is 2.18. The van der Waals surface area contributed by atoms with Crippen molar-refractivity contribution < 1.29 is 8.42 Å². The van der Waals surface area contributed by atoms with E-state index >= 15 is 0 Å². The number of nitrogens with zero attached hydrogens (tertiary/aromatic N) is 3. The fraction of sp³-hybridized carbons (Fsp3) is 0.647. The third kappa shape index (κ3) is 5.17. The van der Waals surface area contributed by atoms with Gasteiger partial charge in [0.2, 0.25) is 10.0 Å². The smallest absolute Gasteiger partial charge is 0.211 e. The van der Waals surface area contributed by atoms with E-state index in [0.29, 0.717) is 6.54 Å². The van der Waals surface area contributed by atoms with E-state index in [-0.39, 0.29) is 11.8 Å². The van der Waals surface area contributed by atoms with Gasteiger partial charge in [0.25, 0.3) is 0 Å². The third-order valence-corrected chi connectivity index (χ3v) is 6.02. The minimum absolute atomic E-state index is 0.0660. The van der Waals surface area contributed by atoms with Crippen molar-refractivity contribution in [3.63, 3.8) is 0 Å². The number of piperazine rings is 1. The van der Waals surface area contributed by atoms with Gasteiger partial charge >= 0.3 is 0 Å². The van der Waals surface area contributed by atoms with Gasteiger partial charge in [0, 0.05) is 58.5 Å². The molecule has 1 N–H and O–H groups in total. The molecule has 1 aromatic rings. The molecule has 0 radical (unpaired) electrons. The quantitative estimate of drug-likeness (QED) is 0.791. The lowest BCUT2D eigenvalue weighted by Gasteiger charge is -2.38. The van der Waals surface area contributed by atoms with Crippen LogP contribution in [0.25, 0.3) is 0 Å². The summed E-state index contributed by atoms with van der Waals surface area (Å²) in [5.74, 6) is 0.113. The second-order valence-electron chi connectivity index (χ2n) is 6.59. The number of anilines is 1. The van der Waals surface area contributed by atoms with E-state index in [1.807, 2.05) is 14.1 Å². The summed E-state index contributed by atoms with van der Waals surface area (Å²) in [4.78, 5) is 6.75. The molecule has 0 aliphatic carbocycles. The third-order valence-electron chi connectivity index (χ3n) is 4.65. The summed E-state index contributed by atoms with van der Waals surface area (Å²) in [6, 6.07) is 8.47. The predicted molar refractivity (Wildman–Crippen MR) is 100 cm³/mol. The Morgan fingerprint density at radius 2 is 1.71 bits per heavy atom. The average molecular weight is 355 g/mol. The topological polar surface area (TPSA) is 55.9 Å². The monoisotopic (exact) mass is 354 g/mol. The molecule has 1 fully saturated rings. The van der Waals surface area contributed by atoms with Crippen molar-refractivity contribution in [2.75, 3.05) is 64.5 Å². The molecular formula is C17H30N4O2S. The number of nitrogens with one attached hydrogen (secondary N) is 1. The minimum atomic E-state index is -3.19. The van der Waals surface area contributed by atoms with Crippen LogP contribution in [0.5, 0.6) is 0 Å². The molecule has 1 aromatic carbocycles. The van der Waals surface area contributed by atoms with E-state index in [0.717, 1.165) is 37.4 Å². The molecule has 7 heteroatoms. The zero-order chi connectivity index (χ0) is 17.7. The highest BCUT2D eigenvalue weighted by Crippen LogP contribution is 2.24. The highest BCUT2D eigenvalue weighted by atomic mass is 32.2. The van der Waals surface area contributed by atoms with Crippen LogP contribution in [0.15, 0.2) is 24.3 Å². The molecule has 1 aliphatic heterocycles. The summed E-state index contributed by atoms with van der Waals surface area (Å²) in [5, 5.41) is 0. The van der Waals surface area contributed by atoms with Gasteiger partial charge in [0.1, 0.15) is 0 Å². The minimum Gasteiger partial charge on any atom is -0.378 e. The SMILES string of the molecule is CCS(=O)(=O)NC[C@@H](c1ccc(N(C)C)cc1)N1CCN(C)CC1. The fourth-order valence-electron chi connectivity index (χ4n) is 2.89. The van der Waals surface area contributed by atoms with Crippen LogP contribution < -0.4 is 9.62 Å². The predicted octanol–water partition coefficient (Wildman–Crippen LogP) is 0.980. The standard InChI is InChI=1S/C17H30N4O2S/c1-5-24(22,23)18-14-17(21-12-10-20(4)11-13-21)15-6-8-16(9-7-15)19(2)3/h6-9,17-18H,5,10-14H2,1-4H3/t17-/m0/s1. The maximum absolute atomic E-state index is 11.9. The summed E-state index contributed by atoms with van der Waals surface area (Å²) >= 11 is 0. The lowest BCUT2D eigenvalue weighted by molar-refractivity contribution is 0.113. The van der Waals surface area contributed by atoms with E-state index in [1.54, 1.807) is 6.92 Å². The van der Waals surface area contributed by atoms with Crippen LogP contribution in [0.4, 0.5) is 5.69 Å². The molecule has 1 saturated heterocycles. The second-order valence-corrected chi connectivity index (χ2v) is 8.69. The van der Waals surface area contributed by atoms with Crippen LogP contribution in [-0.4, -0.2) is 77.8 Å². The maximum Gasteiger partial charge on any atom is 0.211 e. The first-order valence-electron chi connectivity index (χ1n) is 8.49. The van der Waals surface area contributed by atoms with Gasteiger partial charge in [0.05, 0.1) is 5.75 Å². The van der Waals surface area contributed by atoms with Crippen molar-refractivity contribution >= 4 is 15.7 Å². The van der Waals surface area contributed by atoms with Gasteiger partial charge < -0.3 is 9.80 Å². The molecule has 0 unspecified atom stereocenters. The highest BCUT2D eigenvalue weighted by molar-refractivity contribution is 7.89. The average Bonchev–Trinajstić information content (AvgIpc) is 2.57. The summed E-state index contributed by atoms with van der Waals surface area (Å²) in [5.41, 5.74) is 2.30. The van der Waals surface area contributed by atoms with Crippen molar-refractivity contribution in [3.8, 4) is 0 Å². The fourth-order valence-corrected chi connectivity index (χ4v) is 3.51. The first-order chi connectivity index (χ1) is 11.3. The van der Waals surface area contributed by atoms with Crippen LogP contribution in [0.1, 0.15) is 18.5 Å². The first-order valence-corrected chi connectivity index (χ1v) is 10.1. The lowest BCUT2D eigenvalue weighted by Crippen LogP contribution is -2.48. The number of rotatable bonds is 7. The van der Waals surface area contributed by atoms with Crippen LogP contribution >= 0.6 is 0 Å². The number of benzene rings is 1. The Kier molecular flexibility index (Phi) is 6.62. The Morgan fingerprint density at radius 1 is 1.12 bits per heavy atom. The zero-order valence-corrected chi connectivity index (χ0v) is 16.0. The summed E-state index contributed by atoms with van der Waals surface area (Å²) in [6.07, 6.45) is 0. The molecule has 1 heterocycles. The number of hydrogen-bond acceptors (Lipinski definition) is 5. The molecule has 0 saturated carbocycles. The highest BCUT2D eigenvalue weighted by Gasteiger charge is 2.25. The number of likely N-dealkylation sites (N-methyl/N-ethyl adjacent to an activating group) is 1. The van der Waals surface area contributed by atoms with E-state index in [4.69, 9.17) is 0 Å². The van der Waals surface area contributed by atoms with Crippen LogP contribution in [0, 0.1) is 0 Å². The molecule has 2 rings (SSSR count).